The third kappa shape index (κ3) is 1.40. The number of halogens is 1. The summed E-state index contributed by atoms with van der Waals surface area (Å²) >= 11 is 0. The molecular weight excluding hydrogens is 151 g/mol. The minimum atomic E-state index is -0.160. The normalized spacial score (nSPS) is 14.7. The van der Waals surface area contributed by atoms with Crippen LogP contribution >= 0.6 is 0 Å². The lowest BCUT2D eigenvalue weighted by atomic mass is 10.1. The van der Waals surface area contributed by atoms with Crippen molar-refractivity contribution in [1.82, 2.24) is 0 Å². The number of hydrogen-bond acceptors (Lipinski definition) is 0. The average Bonchev–Trinajstić information content (AvgIpc) is 2.87. The third-order valence-corrected chi connectivity index (χ3v) is 2.31. The Morgan fingerprint density at radius 1 is 1.17 bits per heavy atom. The molecule has 1 saturated carbocycles. The summed E-state index contributed by atoms with van der Waals surface area (Å²) in [5.74, 6) is -0.160. The van der Waals surface area contributed by atoms with Crippen LogP contribution in [-0.2, 0) is 0 Å². The summed E-state index contributed by atoms with van der Waals surface area (Å²) in [6, 6.07) is 6.72. The van der Waals surface area contributed by atoms with Crippen LogP contribution in [0.2, 0.25) is 0 Å². The molecular formula is C11H11F. The zero-order valence-corrected chi connectivity index (χ0v) is 7.10. The highest BCUT2D eigenvalue weighted by Gasteiger charge is 2.15. The van der Waals surface area contributed by atoms with E-state index < -0.39 is 0 Å². The highest BCUT2D eigenvalue weighted by molar-refractivity contribution is 5.69. The minimum absolute atomic E-state index is 0.160. The Morgan fingerprint density at radius 2 is 1.75 bits per heavy atom. The SMILES string of the molecule is CC(=C1CC1)c1ccc(F)cc1. The zero-order chi connectivity index (χ0) is 8.55. The van der Waals surface area contributed by atoms with Gasteiger partial charge in [-0.15, -0.1) is 0 Å². The summed E-state index contributed by atoms with van der Waals surface area (Å²) in [6.07, 6.45) is 2.45. The molecule has 0 nitrogen and oxygen atoms in total. The Morgan fingerprint density at radius 3 is 2.25 bits per heavy atom. The van der Waals surface area contributed by atoms with Crippen molar-refractivity contribution in [2.24, 2.45) is 0 Å². The van der Waals surface area contributed by atoms with E-state index >= 15 is 0 Å². The minimum Gasteiger partial charge on any atom is -0.207 e. The standard InChI is InChI=1S/C11H11F/c1-8(9-2-3-9)10-4-6-11(12)7-5-10/h4-7H,2-3H2,1H3. The van der Waals surface area contributed by atoms with Crippen LogP contribution in [0, 0.1) is 5.82 Å². The number of rotatable bonds is 1. The van der Waals surface area contributed by atoms with Crippen LogP contribution in [-0.4, -0.2) is 0 Å². The predicted molar refractivity (Wildman–Crippen MR) is 48.2 cm³/mol. The number of benzene rings is 1. The molecule has 12 heavy (non-hydrogen) atoms. The third-order valence-electron chi connectivity index (χ3n) is 2.31. The molecule has 0 aliphatic heterocycles. The predicted octanol–water partition coefficient (Wildman–Crippen LogP) is 3.39. The van der Waals surface area contributed by atoms with Gasteiger partial charge in [-0.3, -0.25) is 0 Å². The number of hydrogen-bond donors (Lipinski definition) is 0. The number of allylic oxidation sites excluding steroid dienone is 2. The summed E-state index contributed by atoms with van der Waals surface area (Å²) in [7, 11) is 0. The van der Waals surface area contributed by atoms with Gasteiger partial charge in [0.1, 0.15) is 5.82 Å². The van der Waals surface area contributed by atoms with Gasteiger partial charge in [0.05, 0.1) is 0 Å². The molecule has 0 bridgehead atoms. The average molecular weight is 162 g/mol. The zero-order valence-electron chi connectivity index (χ0n) is 7.10. The molecule has 1 fully saturated rings. The van der Waals surface area contributed by atoms with E-state index in [1.54, 1.807) is 0 Å². The summed E-state index contributed by atoms with van der Waals surface area (Å²) < 4.78 is 12.6. The van der Waals surface area contributed by atoms with Crippen LogP contribution in [0.15, 0.2) is 29.8 Å². The van der Waals surface area contributed by atoms with Crippen molar-refractivity contribution in [2.75, 3.05) is 0 Å². The highest BCUT2D eigenvalue weighted by Crippen LogP contribution is 2.35. The summed E-state index contributed by atoms with van der Waals surface area (Å²) in [6.45, 7) is 2.11. The van der Waals surface area contributed by atoms with Crippen LogP contribution in [0.5, 0.6) is 0 Å². The largest absolute Gasteiger partial charge is 0.207 e. The smallest absolute Gasteiger partial charge is 0.123 e. The molecule has 1 aromatic carbocycles. The lowest BCUT2D eigenvalue weighted by Gasteiger charge is -1.99. The van der Waals surface area contributed by atoms with Gasteiger partial charge < -0.3 is 0 Å². The quantitative estimate of drug-likeness (QED) is 0.593. The summed E-state index contributed by atoms with van der Waals surface area (Å²) in [5.41, 5.74) is 4.00. The molecule has 0 aromatic heterocycles. The Balaban J connectivity index is 2.35. The first kappa shape index (κ1) is 7.53. The second-order valence-corrected chi connectivity index (χ2v) is 3.24. The van der Waals surface area contributed by atoms with Crippen molar-refractivity contribution in [3.63, 3.8) is 0 Å². The highest BCUT2D eigenvalue weighted by atomic mass is 19.1. The van der Waals surface area contributed by atoms with Crippen LogP contribution in [0.3, 0.4) is 0 Å². The van der Waals surface area contributed by atoms with Crippen molar-refractivity contribution in [3.8, 4) is 0 Å². The van der Waals surface area contributed by atoms with Gasteiger partial charge in [-0.05, 0) is 43.0 Å². The maximum absolute atomic E-state index is 12.6. The Kier molecular flexibility index (Phi) is 1.72. The lowest BCUT2D eigenvalue weighted by Crippen LogP contribution is -1.79. The fourth-order valence-corrected chi connectivity index (χ4v) is 1.34. The van der Waals surface area contributed by atoms with Gasteiger partial charge in [-0.25, -0.2) is 4.39 Å². The molecule has 0 amide bonds. The molecule has 1 aliphatic rings. The van der Waals surface area contributed by atoms with Crippen LogP contribution in [0.1, 0.15) is 25.3 Å². The van der Waals surface area contributed by atoms with E-state index in [4.69, 9.17) is 0 Å². The second-order valence-electron chi connectivity index (χ2n) is 3.24. The second kappa shape index (κ2) is 2.74. The van der Waals surface area contributed by atoms with Crippen molar-refractivity contribution >= 4 is 5.57 Å². The molecule has 0 heterocycles. The van der Waals surface area contributed by atoms with Crippen LogP contribution in [0.4, 0.5) is 4.39 Å². The van der Waals surface area contributed by atoms with Gasteiger partial charge in [0, 0.05) is 0 Å². The van der Waals surface area contributed by atoms with E-state index in [1.165, 1.54) is 36.1 Å². The first-order chi connectivity index (χ1) is 5.77. The Bertz CT molecular complexity index is 313. The fraction of sp³-hybridized carbons (Fsp3) is 0.273. The molecule has 62 valence electrons. The monoisotopic (exact) mass is 162 g/mol. The first-order valence-corrected chi connectivity index (χ1v) is 4.22. The Labute approximate surface area is 71.7 Å². The van der Waals surface area contributed by atoms with E-state index in [2.05, 4.69) is 6.92 Å². The van der Waals surface area contributed by atoms with E-state index in [9.17, 15) is 4.39 Å². The van der Waals surface area contributed by atoms with Gasteiger partial charge in [0.15, 0.2) is 0 Å². The Hall–Kier alpha value is -1.11. The van der Waals surface area contributed by atoms with E-state index in [0.29, 0.717) is 0 Å². The maximum Gasteiger partial charge on any atom is 0.123 e. The molecule has 0 N–H and O–H groups in total. The molecule has 2 rings (SSSR count). The van der Waals surface area contributed by atoms with Crippen LogP contribution < -0.4 is 0 Å². The summed E-state index contributed by atoms with van der Waals surface area (Å²) in [4.78, 5) is 0. The molecule has 1 heteroatoms. The molecule has 0 spiro atoms. The van der Waals surface area contributed by atoms with E-state index in [-0.39, 0.29) is 5.82 Å². The summed E-state index contributed by atoms with van der Waals surface area (Å²) in [5, 5.41) is 0. The van der Waals surface area contributed by atoms with Gasteiger partial charge in [-0.1, -0.05) is 17.7 Å². The van der Waals surface area contributed by atoms with Crippen molar-refractivity contribution in [3.05, 3.63) is 41.2 Å². The molecule has 0 atom stereocenters. The molecule has 0 saturated heterocycles. The topological polar surface area (TPSA) is 0 Å². The van der Waals surface area contributed by atoms with Crippen LogP contribution in [0.25, 0.3) is 5.57 Å². The first-order valence-electron chi connectivity index (χ1n) is 4.22. The van der Waals surface area contributed by atoms with Gasteiger partial charge >= 0.3 is 0 Å². The molecule has 1 aliphatic carbocycles. The lowest BCUT2D eigenvalue weighted by molar-refractivity contribution is 0.627. The van der Waals surface area contributed by atoms with Gasteiger partial charge in [0.2, 0.25) is 0 Å². The fourth-order valence-electron chi connectivity index (χ4n) is 1.34. The molecule has 0 unspecified atom stereocenters. The molecule has 0 radical (unpaired) electrons. The molecule has 1 aromatic rings. The van der Waals surface area contributed by atoms with E-state index in [0.717, 1.165) is 5.56 Å². The van der Waals surface area contributed by atoms with E-state index in [1.807, 2.05) is 12.1 Å². The maximum atomic E-state index is 12.6. The van der Waals surface area contributed by atoms with Crippen molar-refractivity contribution < 1.29 is 4.39 Å². The van der Waals surface area contributed by atoms with Crippen molar-refractivity contribution in [1.29, 1.82) is 0 Å². The van der Waals surface area contributed by atoms with Gasteiger partial charge in [-0.2, -0.15) is 0 Å². The van der Waals surface area contributed by atoms with Crippen molar-refractivity contribution in [2.45, 2.75) is 19.8 Å². The van der Waals surface area contributed by atoms with Gasteiger partial charge in [0.25, 0.3) is 0 Å².